The first-order chi connectivity index (χ1) is 16.7. The number of anilines is 3. The molecular weight excluding hydrogens is 458 g/mol. The Kier molecular flexibility index (Phi) is 11.2. The Bertz CT molecular complexity index is 896. The van der Waals surface area contributed by atoms with Crippen LogP contribution >= 0.6 is 0 Å². The lowest BCUT2D eigenvalue weighted by atomic mass is 10.0. The second-order valence-corrected chi connectivity index (χ2v) is 8.63. The van der Waals surface area contributed by atoms with E-state index in [2.05, 4.69) is 20.6 Å². The number of aromatic nitrogens is 2. The van der Waals surface area contributed by atoms with Gasteiger partial charge in [0, 0.05) is 6.54 Å². The number of carbonyl (C=O) groups is 2. The third-order valence-electron chi connectivity index (χ3n) is 5.71. The minimum Gasteiger partial charge on any atom is -0.457 e. The molecule has 1 aliphatic heterocycles. The SMILES string of the molecule is CC(OC(=O)C(N)CCCCN)C(OC(=O)C(N)CCCCN)C1CNc2nc(N)[nH]c(=O)c2N1. The molecule has 5 unspecified atom stereocenters. The second kappa shape index (κ2) is 13.8. The average Bonchev–Trinajstić information content (AvgIpc) is 2.82. The van der Waals surface area contributed by atoms with Crippen LogP contribution < -0.4 is 44.9 Å². The van der Waals surface area contributed by atoms with Crippen molar-refractivity contribution in [3.63, 3.8) is 0 Å². The van der Waals surface area contributed by atoms with Crippen LogP contribution in [0.3, 0.4) is 0 Å². The van der Waals surface area contributed by atoms with Gasteiger partial charge in [0.2, 0.25) is 5.95 Å². The summed E-state index contributed by atoms with van der Waals surface area (Å²) in [6.07, 6.45) is 1.74. The third-order valence-corrected chi connectivity index (χ3v) is 5.71. The molecular formula is C21H39N9O5. The first kappa shape index (κ1) is 28.3. The van der Waals surface area contributed by atoms with Crippen LogP contribution in [0.15, 0.2) is 4.79 Å². The molecule has 2 rings (SSSR count). The smallest absolute Gasteiger partial charge is 0.323 e. The van der Waals surface area contributed by atoms with E-state index in [9.17, 15) is 14.4 Å². The van der Waals surface area contributed by atoms with Gasteiger partial charge >= 0.3 is 11.9 Å². The summed E-state index contributed by atoms with van der Waals surface area (Å²) in [5.74, 6) is -1.06. The fraction of sp³-hybridized carbons (Fsp3) is 0.714. The predicted octanol–water partition coefficient (Wildman–Crippen LogP) is -1.69. The molecule has 1 aliphatic rings. The fourth-order valence-electron chi connectivity index (χ4n) is 3.71. The van der Waals surface area contributed by atoms with Crippen molar-refractivity contribution in [1.29, 1.82) is 0 Å². The largest absolute Gasteiger partial charge is 0.457 e. The molecule has 1 aromatic heterocycles. The van der Waals surface area contributed by atoms with Gasteiger partial charge in [-0.1, -0.05) is 12.8 Å². The monoisotopic (exact) mass is 497 g/mol. The first-order valence-corrected chi connectivity index (χ1v) is 11.9. The normalized spacial score (nSPS) is 18.3. The molecule has 13 N–H and O–H groups in total. The van der Waals surface area contributed by atoms with Crippen molar-refractivity contribution in [2.75, 3.05) is 36.0 Å². The van der Waals surface area contributed by atoms with Crippen molar-refractivity contribution in [3.05, 3.63) is 10.4 Å². The Morgan fingerprint density at radius 3 is 2.17 bits per heavy atom. The van der Waals surface area contributed by atoms with Crippen LogP contribution in [0.4, 0.5) is 17.5 Å². The number of hydrogen-bond donors (Lipinski definition) is 8. The predicted molar refractivity (Wildman–Crippen MR) is 132 cm³/mol. The lowest BCUT2D eigenvalue weighted by Gasteiger charge is -2.36. The Labute approximate surface area is 204 Å². The highest BCUT2D eigenvalue weighted by Crippen LogP contribution is 2.24. The van der Waals surface area contributed by atoms with Gasteiger partial charge in [-0.05, 0) is 45.7 Å². The molecule has 198 valence electrons. The zero-order chi connectivity index (χ0) is 26.0. The van der Waals surface area contributed by atoms with Gasteiger partial charge < -0.3 is 48.8 Å². The van der Waals surface area contributed by atoms with Gasteiger partial charge in [0.1, 0.15) is 23.9 Å². The zero-order valence-electron chi connectivity index (χ0n) is 20.1. The van der Waals surface area contributed by atoms with Crippen molar-refractivity contribution in [2.45, 2.75) is 75.8 Å². The molecule has 0 aromatic carbocycles. The molecule has 0 aliphatic carbocycles. The van der Waals surface area contributed by atoms with E-state index in [-0.39, 0.29) is 24.0 Å². The number of hydrogen-bond acceptors (Lipinski definition) is 13. The summed E-state index contributed by atoms with van der Waals surface area (Å²) < 4.78 is 11.3. The van der Waals surface area contributed by atoms with Crippen molar-refractivity contribution < 1.29 is 19.1 Å². The van der Waals surface area contributed by atoms with Gasteiger partial charge in [-0.15, -0.1) is 0 Å². The fourth-order valence-corrected chi connectivity index (χ4v) is 3.71. The number of unbranched alkanes of at least 4 members (excludes halogenated alkanes) is 2. The van der Waals surface area contributed by atoms with Crippen LogP contribution in [0.25, 0.3) is 0 Å². The molecule has 14 heteroatoms. The number of nitrogens with zero attached hydrogens (tertiary/aromatic N) is 1. The molecule has 35 heavy (non-hydrogen) atoms. The minimum absolute atomic E-state index is 0.0427. The molecule has 0 radical (unpaired) electrons. The van der Waals surface area contributed by atoms with Crippen LogP contribution in [0.2, 0.25) is 0 Å². The van der Waals surface area contributed by atoms with E-state index in [1.54, 1.807) is 6.92 Å². The number of ether oxygens (including phenoxy) is 2. The number of aromatic amines is 1. The topological polar surface area (TPSA) is 253 Å². The number of rotatable bonds is 14. The van der Waals surface area contributed by atoms with E-state index in [4.69, 9.17) is 38.1 Å². The summed E-state index contributed by atoms with van der Waals surface area (Å²) >= 11 is 0. The molecule has 2 heterocycles. The number of fused-ring (bicyclic) bond motifs is 1. The van der Waals surface area contributed by atoms with Crippen LogP contribution in [0.1, 0.15) is 45.4 Å². The van der Waals surface area contributed by atoms with Gasteiger partial charge in [0.05, 0.1) is 6.04 Å². The van der Waals surface area contributed by atoms with E-state index in [1.165, 1.54) is 0 Å². The minimum atomic E-state index is -0.985. The molecule has 0 bridgehead atoms. The van der Waals surface area contributed by atoms with Crippen molar-refractivity contribution in [3.8, 4) is 0 Å². The first-order valence-electron chi connectivity index (χ1n) is 11.9. The highest BCUT2D eigenvalue weighted by Gasteiger charge is 2.37. The van der Waals surface area contributed by atoms with Crippen molar-refractivity contribution >= 4 is 29.4 Å². The van der Waals surface area contributed by atoms with E-state index >= 15 is 0 Å². The zero-order valence-corrected chi connectivity index (χ0v) is 20.1. The maximum Gasteiger partial charge on any atom is 0.323 e. The molecule has 0 amide bonds. The molecule has 0 saturated carbocycles. The molecule has 0 saturated heterocycles. The lowest BCUT2D eigenvalue weighted by molar-refractivity contribution is -0.169. The van der Waals surface area contributed by atoms with Gasteiger partial charge in [-0.3, -0.25) is 19.4 Å². The third kappa shape index (κ3) is 8.35. The van der Waals surface area contributed by atoms with Crippen LogP contribution in [0.5, 0.6) is 0 Å². The number of nitrogens with one attached hydrogen (secondary N) is 3. The summed E-state index contributed by atoms with van der Waals surface area (Å²) in [6, 6.07) is -2.36. The standard InChI is InChI=1S/C21H39N9O5/c1-11(34-19(32)12(24)6-2-4-8-22)16(35-20(33)13(25)7-3-5-9-23)14-10-27-17-15(28-14)18(31)30-21(26)29-17/h11-14,16,28H,2-10,22-25H2,1H3,(H4,26,27,29,30,31). The van der Waals surface area contributed by atoms with Crippen LogP contribution in [-0.2, 0) is 19.1 Å². The van der Waals surface area contributed by atoms with Crippen LogP contribution in [0, 0.1) is 0 Å². The van der Waals surface area contributed by atoms with Crippen LogP contribution in [-0.4, -0.2) is 71.9 Å². The summed E-state index contributed by atoms with van der Waals surface area (Å²) in [6.45, 7) is 2.79. The Balaban J connectivity index is 2.16. The maximum absolute atomic E-state index is 12.7. The number of H-pyrrole nitrogens is 1. The molecule has 1 aromatic rings. The van der Waals surface area contributed by atoms with Crippen molar-refractivity contribution in [2.24, 2.45) is 22.9 Å². The lowest BCUT2D eigenvalue weighted by Crippen LogP contribution is -2.53. The second-order valence-electron chi connectivity index (χ2n) is 8.63. The van der Waals surface area contributed by atoms with Gasteiger partial charge in [0.15, 0.2) is 11.9 Å². The van der Waals surface area contributed by atoms with Gasteiger partial charge in [-0.2, -0.15) is 4.98 Å². The highest BCUT2D eigenvalue weighted by molar-refractivity contribution is 5.77. The number of carbonyl (C=O) groups excluding carboxylic acids is 2. The Morgan fingerprint density at radius 1 is 1.03 bits per heavy atom. The van der Waals surface area contributed by atoms with Gasteiger partial charge in [-0.25, -0.2) is 0 Å². The average molecular weight is 498 g/mol. The molecule has 0 fully saturated rings. The quantitative estimate of drug-likeness (QED) is 0.106. The molecule has 0 spiro atoms. The van der Waals surface area contributed by atoms with E-state index in [0.29, 0.717) is 38.8 Å². The summed E-state index contributed by atoms with van der Waals surface area (Å²) in [5.41, 5.74) is 28.2. The Hall–Kier alpha value is -2.94. The number of nitrogens with two attached hydrogens (primary N) is 5. The molecule has 14 nitrogen and oxygen atoms in total. The van der Waals surface area contributed by atoms with Gasteiger partial charge in [0.25, 0.3) is 5.56 Å². The summed E-state index contributed by atoms with van der Waals surface area (Å²) in [7, 11) is 0. The van der Waals surface area contributed by atoms with E-state index < -0.39 is 47.8 Å². The summed E-state index contributed by atoms with van der Waals surface area (Å²) in [5, 5.41) is 6.02. The maximum atomic E-state index is 12.7. The van der Waals surface area contributed by atoms with Crippen molar-refractivity contribution in [1.82, 2.24) is 9.97 Å². The summed E-state index contributed by atoms with van der Waals surface area (Å²) in [4.78, 5) is 44.1. The Morgan fingerprint density at radius 2 is 1.60 bits per heavy atom. The van der Waals surface area contributed by atoms with E-state index in [0.717, 1.165) is 12.8 Å². The number of nitrogen functional groups attached to an aromatic ring is 1. The number of esters is 2. The van der Waals surface area contributed by atoms with E-state index in [1.807, 2.05) is 0 Å². The molecule has 5 atom stereocenters. The highest BCUT2D eigenvalue weighted by atomic mass is 16.6.